The third-order valence-corrected chi connectivity index (χ3v) is 4.57. The van der Waals surface area contributed by atoms with Crippen LogP contribution >= 0.6 is 0 Å². The van der Waals surface area contributed by atoms with Gasteiger partial charge in [-0.05, 0) is 24.3 Å². The number of aromatic nitrogens is 2. The summed E-state index contributed by atoms with van der Waals surface area (Å²) in [6, 6.07) is 15.9. The first-order valence-electron chi connectivity index (χ1n) is 8.64. The Morgan fingerprint density at radius 3 is 2.93 bits per heavy atom. The predicted octanol–water partition coefficient (Wildman–Crippen LogP) is 2.73. The number of carbonyl (C=O) groups excluding carboxylic acids is 1. The number of ether oxygens (including phenoxy) is 1. The van der Waals surface area contributed by atoms with Crippen molar-refractivity contribution in [3.05, 3.63) is 71.7 Å². The topological polar surface area (TPSA) is 68.2 Å². The highest BCUT2D eigenvalue weighted by Crippen LogP contribution is 2.26. The highest BCUT2D eigenvalue weighted by Gasteiger charge is 2.27. The van der Waals surface area contributed by atoms with Crippen molar-refractivity contribution >= 4 is 5.91 Å². The van der Waals surface area contributed by atoms with Crippen LogP contribution in [0.4, 0.5) is 4.39 Å². The lowest BCUT2D eigenvalue weighted by Gasteiger charge is -2.25. The molecule has 0 radical (unpaired) electrons. The van der Waals surface area contributed by atoms with Crippen molar-refractivity contribution in [2.45, 2.75) is 12.7 Å². The molecule has 138 valence electrons. The van der Waals surface area contributed by atoms with Gasteiger partial charge in [0.1, 0.15) is 23.4 Å². The molecule has 2 heterocycles. The number of rotatable bonds is 5. The van der Waals surface area contributed by atoms with Crippen LogP contribution in [0.25, 0.3) is 11.3 Å². The van der Waals surface area contributed by atoms with Crippen molar-refractivity contribution < 1.29 is 13.9 Å². The molecule has 6 nitrogen and oxygen atoms in total. The summed E-state index contributed by atoms with van der Waals surface area (Å²) in [4.78, 5) is 12.2. The van der Waals surface area contributed by atoms with Gasteiger partial charge < -0.3 is 10.1 Å². The Bertz CT molecular complexity index is 986. The van der Waals surface area contributed by atoms with Crippen molar-refractivity contribution in [2.75, 3.05) is 13.7 Å². The Morgan fingerprint density at radius 2 is 2.11 bits per heavy atom. The van der Waals surface area contributed by atoms with Crippen LogP contribution in [0.5, 0.6) is 5.75 Å². The summed E-state index contributed by atoms with van der Waals surface area (Å²) in [6.45, 7) is 0.709. The third kappa shape index (κ3) is 3.41. The van der Waals surface area contributed by atoms with Gasteiger partial charge in [-0.15, -0.1) is 0 Å². The van der Waals surface area contributed by atoms with E-state index in [-0.39, 0.29) is 17.9 Å². The van der Waals surface area contributed by atoms with Crippen LogP contribution in [0.2, 0.25) is 0 Å². The maximum Gasteiger partial charge on any atom is 0.269 e. The number of halogens is 1. The number of nitrogens with zero attached hydrogens (tertiary/aromatic N) is 2. The van der Waals surface area contributed by atoms with Gasteiger partial charge in [0, 0.05) is 17.7 Å². The van der Waals surface area contributed by atoms with E-state index >= 15 is 0 Å². The van der Waals surface area contributed by atoms with Crippen LogP contribution in [0.3, 0.4) is 0 Å². The number of nitrogens with one attached hydrogen (secondary N) is 2. The molecule has 2 aromatic carbocycles. The van der Waals surface area contributed by atoms with Crippen LogP contribution in [-0.4, -0.2) is 29.3 Å². The van der Waals surface area contributed by atoms with E-state index in [1.807, 2.05) is 24.3 Å². The van der Waals surface area contributed by atoms with Gasteiger partial charge in [-0.3, -0.25) is 10.1 Å². The molecule has 0 saturated heterocycles. The van der Waals surface area contributed by atoms with Gasteiger partial charge in [0.25, 0.3) is 5.91 Å². The zero-order valence-corrected chi connectivity index (χ0v) is 14.8. The minimum atomic E-state index is -0.267. The first kappa shape index (κ1) is 17.2. The van der Waals surface area contributed by atoms with Crippen molar-refractivity contribution in [1.82, 2.24) is 20.4 Å². The van der Waals surface area contributed by atoms with Gasteiger partial charge in [-0.1, -0.05) is 30.3 Å². The van der Waals surface area contributed by atoms with E-state index in [0.29, 0.717) is 30.0 Å². The van der Waals surface area contributed by atoms with Crippen LogP contribution in [0.1, 0.15) is 22.2 Å². The number of amides is 1. The summed E-state index contributed by atoms with van der Waals surface area (Å²) >= 11 is 0. The van der Waals surface area contributed by atoms with E-state index in [1.54, 1.807) is 36.1 Å². The Kier molecular flexibility index (Phi) is 4.60. The number of hydrogen-bond acceptors (Lipinski definition) is 4. The average Bonchev–Trinajstić information content (AvgIpc) is 3.15. The number of carbonyl (C=O) groups is 1. The lowest BCUT2D eigenvalue weighted by molar-refractivity contribution is 0.0900. The van der Waals surface area contributed by atoms with E-state index in [9.17, 15) is 9.18 Å². The second kappa shape index (κ2) is 7.20. The molecule has 1 amide bonds. The standard InChI is InChI=1S/C20H19FN4O2/c1-27-15-7-4-6-13(9-15)17-10-18-20(26)23-12-19(25(18)24-17)22-11-14-5-2-3-8-16(14)21/h2-10,19,22H,11-12H2,1H3,(H,23,26)/t19-/m0/s1. The number of benzene rings is 2. The quantitative estimate of drug-likeness (QED) is 0.729. The zero-order valence-electron chi connectivity index (χ0n) is 14.8. The summed E-state index contributed by atoms with van der Waals surface area (Å²) < 4.78 is 20.8. The molecule has 0 spiro atoms. The van der Waals surface area contributed by atoms with Crippen molar-refractivity contribution in [1.29, 1.82) is 0 Å². The smallest absolute Gasteiger partial charge is 0.269 e. The summed E-state index contributed by atoms with van der Waals surface area (Å²) in [5, 5.41) is 10.7. The predicted molar refractivity (Wildman–Crippen MR) is 98.8 cm³/mol. The first-order valence-corrected chi connectivity index (χ1v) is 8.64. The Hall–Kier alpha value is -3.19. The van der Waals surface area contributed by atoms with Gasteiger partial charge in [-0.2, -0.15) is 5.10 Å². The molecule has 1 aliphatic heterocycles. The minimum Gasteiger partial charge on any atom is -0.497 e. The van der Waals surface area contributed by atoms with Gasteiger partial charge >= 0.3 is 0 Å². The first-order chi connectivity index (χ1) is 13.2. The third-order valence-electron chi connectivity index (χ3n) is 4.57. The highest BCUT2D eigenvalue weighted by molar-refractivity contribution is 5.94. The molecule has 0 fully saturated rings. The van der Waals surface area contributed by atoms with Crippen LogP contribution in [0.15, 0.2) is 54.6 Å². The van der Waals surface area contributed by atoms with Gasteiger partial charge in [0.2, 0.25) is 0 Å². The molecular weight excluding hydrogens is 347 g/mol. The monoisotopic (exact) mass is 366 g/mol. The molecule has 3 aromatic rings. The molecule has 1 aromatic heterocycles. The maximum atomic E-state index is 13.9. The van der Waals surface area contributed by atoms with Gasteiger partial charge in [0.05, 0.1) is 19.3 Å². The molecule has 0 unspecified atom stereocenters. The maximum absolute atomic E-state index is 13.9. The van der Waals surface area contributed by atoms with E-state index in [0.717, 1.165) is 11.3 Å². The molecule has 1 aliphatic rings. The van der Waals surface area contributed by atoms with Crippen LogP contribution < -0.4 is 15.4 Å². The van der Waals surface area contributed by atoms with Gasteiger partial charge in [-0.25, -0.2) is 9.07 Å². The van der Waals surface area contributed by atoms with Crippen molar-refractivity contribution in [2.24, 2.45) is 0 Å². The fourth-order valence-electron chi connectivity index (χ4n) is 3.12. The number of fused-ring (bicyclic) bond motifs is 1. The molecule has 27 heavy (non-hydrogen) atoms. The number of methoxy groups -OCH3 is 1. The normalized spacial score (nSPS) is 15.9. The molecule has 4 rings (SSSR count). The molecule has 0 saturated carbocycles. The van der Waals surface area contributed by atoms with E-state index in [4.69, 9.17) is 4.74 Å². The second-order valence-corrected chi connectivity index (χ2v) is 6.29. The summed E-state index contributed by atoms with van der Waals surface area (Å²) in [7, 11) is 1.60. The highest BCUT2D eigenvalue weighted by atomic mass is 19.1. The molecule has 0 aliphatic carbocycles. The molecular formula is C20H19FN4O2. The summed E-state index contributed by atoms with van der Waals surface area (Å²) in [6.07, 6.45) is -0.267. The molecule has 7 heteroatoms. The van der Waals surface area contributed by atoms with E-state index < -0.39 is 0 Å². The molecule has 2 N–H and O–H groups in total. The molecule has 1 atom stereocenters. The Morgan fingerprint density at radius 1 is 1.26 bits per heavy atom. The van der Waals surface area contributed by atoms with Crippen LogP contribution in [0, 0.1) is 5.82 Å². The Balaban J connectivity index is 1.61. The van der Waals surface area contributed by atoms with Crippen molar-refractivity contribution in [3.8, 4) is 17.0 Å². The zero-order chi connectivity index (χ0) is 18.8. The SMILES string of the molecule is COc1cccc(-c2cc3n(n2)[C@H](NCc2ccccc2F)CNC3=O)c1. The van der Waals surface area contributed by atoms with E-state index in [1.165, 1.54) is 6.07 Å². The minimum absolute atomic E-state index is 0.180. The fourth-order valence-corrected chi connectivity index (χ4v) is 3.12. The van der Waals surface area contributed by atoms with Crippen LogP contribution in [-0.2, 0) is 6.54 Å². The van der Waals surface area contributed by atoms with E-state index in [2.05, 4.69) is 15.7 Å². The average molecular weight is 366 g/mol. The summed E-state index contributed by atoms with van der Waals surface area (Å²) in [5.41, 5.74) is 2.57. The molecule has 0 bridgehead atoms. The summed E-state index contributed by atoms with van der Waals surface area (Å²) in [5.74, 6) is 0.278. The largest absolute Gasteiger partial charge is 0.497 e. The Labute approximate surface area is 156 Å². The van der Waals surface area contributed by atoms with Gasteiger partial charge in [0.15, 0.2) is 0 Å². The van der Waals surface area contributed by atoms with Crippen molar-refractivity contribution in [3.63, 3.8) is 0 Å². The second-order valence-electron chi connectivity index (χ2n) is 6.29. The lowest BCUT2D eigenvalue weighted by atomic mass is 10.1. The number of hydrogen-bond donors (Lipinski definition) is 2. The fraction of sp³-hybridized carbons (Fsp3) is 0.200. The lowest BCUT2D eigenvalue weighted by Crippen LogP contribution is -2.45.